The third-order valence-corrected chi connectivity index (χ3v) is 3.31. The minimum Gasteiger partial charge on any atom is -0.289 e. The van der Waals surface area contributed by atoms with Crippen LogP contribution in [0.15, 0.2) is 67.0 Å². The lowest BCUT2D eigenvalue weighted by Gasteiger charge is -2.17. The molecule has 1 aliphatic carbocycles. The first kappa shape index (κ1) is 12.4. The molecule has 0 saturated heterocycles. The standard InChI is InChI=1S/C14H10O.C3H4N2/c15-14-12-7-3-1-5-10(12)9-11-6-2-4-8-13(11)14;1-2-4-5-3-1/h1-8H,9H2;1-3H,(H,4,5). The molecule has 0 aliphatic heterocycles. The molecule has 3 heteroatoms. The van der Waals surface area contributed by atoms with Crippen LogP contribution in [0.5, 0.6) is 0 Å². The number of fused-ring (bicyclic) bond motifs is 2. The van der Waals surface area contributed by atoms with Crippen LogP contribution >= 0.6 is 0 Å². The van der Waals surface area contributed by atoms with Crippen LogP contribution in [0.2, 0.25) is 0 Å². The van der Waals surface area contributed by atoms with Crippen LogP contribution in [0.4, 0.5) is 0 Å². The summed E-state index contributed by atoms with van der Waals surface area (Å²) >= 11 is 0. The minimum absolute atomic E-state index is 0.160. The number of carbonyl (C=O) groups excluding carboxylic acids is 1. The Kier molecular flexibility index (Phi) is 3.42. The van der Waals surface area contributed by atoms with Crippen molar-refractivity contribution in [2.24, 2.45) is 0 Å². The summed E-state index contributed by atoms with van der Waals surface area (Å²) < 4.78 is 0. The summed E-state index contributed by atoms with van der Waals surface area (Å²) in [5, 5.41) is 6.21. The molecule has 20 heavy (non-hydrogen) atoms. The molecule has 2 aromatic carbocycles. The van der Waals surface area contributed by atoms with Crippen molar-refractivity contribution >= 4 is 5.78 Å². The molecule has 0 bridgehead atoms. The average Bonchev–Trinajstić information content (AvgIpc) is 3.07. The van der Waals surface area contributed by atoms with Gasteiger partial charge in [-0.05, 0) is 23.6 Å². The van der Waals surface area contributed by atoms with Crippen LogP contribution in [0.25, 0.3) is 0 Å². The molecule has 3 aromatic rings. The van der Waals surface area contributed by atoms with E-state index in [-0.39, 0.29) is 5.78 Å². The van der Waals surface area contributed by atoms with E-state index in [1.807, 2.05) is 54.6 Å². The number of rotatable bonds is 0. The third kappa shape index (κ3) is 2.38. The summed E-state index contributed by atoms with van der Waals surface area (Å²) in [5.74, 6) is 0.160. The number of nitrogens with one attached hydrogen (secondary N) is 1. The minimum atomic E-state index is 0.160. The van der Waals surface area contributed by atoms with Crippen LogP contribution in [0, 0.1) is 0 Å². The average molecular weight is 262 g/mol. The normalized spacial score (nSPS) is 11.9. The molecule has 0 amide bonds. The van der Waals surface area contributed by atoms with E-state index in [0.717, 1.165) is 28.7 Å². The molecular formula is C17H14N2O. The number of H-pyrrole nitrogens is 1. The van der Waals surface area contributed by atoms with E-state index in [0.29, 0.717) is 0 Å². The second-order valence-corrected chi connectivity index (χ2v) is 4.59. The van der Waals surface area contributed by atoms with Gasteiger partial charge in [0.25, 0.3) is 0 Å². The van der Waals surface area contributed by atoms with E-state index in [1.54, 1.807) is 12.4 Å². The predicted molar refractivity (Wildman–Crippen MR) is 77.7 cm³/mol. The third-order valence-electron chi connectivity index (χ3n) is 3.31. The molecule has 3 nitrogen and oxygen atoms in total. The van der Waals surface area contributed by atoms with Crippen LogP contribution in [0.1, 0.15) is 27.0 Å². The molecule has 0 unspecified atom stereocenters. The molecular weight excluding hydrogens is 248 g/mol. The van der Waals surface area contributed by atoms with Crippen LogP contribution < -0.4 is 0 Å². The largest absolute Gasteiger partial charge is 0.289 e. The molecule has 0 saturated carbocycles. The van der Waals surface area contributed by atoms with Crippen LogP contribution in [-0.4, -0.2) is 16.0 Å². The summed E-state index contributed by atoms with van der Waals surface area (Å²) in [6.45, 7) is 0. The fraction of sp³-hybridized carbons (Fsp3) is 0.0588. The van der Waals surface area contributed by atoms with Gasteiger partial charge in [-0.15, -0.1) is 0 Å². The zero-order valence-corrected chi connectivity index (χ0v) is 10.9. The van der Waals surface area contributed by atoms with E-state index >= 15 is 0 Å². The van der Waals surface area contributed by atoms with Crippen LogP contribution in [-0.2, 0) is 6.42 Å². The van der Waals surface area contributed by atoms with Crippen molar-refractivity contribution in [1.82, 2.24) is 10.2 Å². The van der Waals surface area contributed by atoms with Crippen molar-refractivity contribution in [3.05, 3.63) is 89.2 Å². The highest BCUT2D eigenvalue weighted by molar-refractivity contribution is 6.12. The lowest BCUT2D eigenvalue weighted by molar-refractivity contribution is 0.103. The fourth-order valence-corrected chi connectivity index (χ4v) is 2.36. The number of aromatic nitrogens is 2. The number of carbonyl (C=O) groups is 1. The lowest BCUT2D eigenvalue weighted by atomic mass is 9.85. The molecule has 0 radical (unpaired) electrons. The highest BCUT2D eigenvalue weighted by atomic mass is 16.1. The topological polar surface area (TPSA) is 45.8 Å². The smallest absolute Gasteiger partial charge is 0.193 e. The number of hydrogen-bond donors (Lipinski definition) is 1. The maximum atomic E-state index is 12.1. The second kappa shape index (κ2) is 5.53. The molecule has 0 spiro atoms. The molecule has 1 aromatic heterocycles. The van der Waals surface area contributed by atoms with Gasteiger partial charge in [0.1, 0.15) is 0 Å². The second-order valence-electron chi connectivity index (χ2n) is 4.59. The molecule has 98 valence electrons. The Labute approximate surface area is 117 Å². The SMILES string of the molecule is O=C1c2ccccc2Cc2ccccc21.c1cn[nH]c1. The fourth-order valence-electron chi connectivity index (χ4n) is 2.36. The van der Waals surface area contributed by atoms with E-state index in [1.165, 1.54) is 0 Å². The number of benzene rings is 2. The quantitative estimate of drug-likeness (QED) is 0.529. The van der Waals surface area contributed by atoms with Crippen molar-refractivity contribution in [2.75, 3.05) is 0 Å². The predicted octanol–water partition coefficient (Wildman–Crippen LogP) is 3.23. The van der Waals surface area contributed by atoms with Gasteiger partial charge in [-0.1, -0.05) is 48.5 Å². The first-order chi connectivity index (χ1) is 9.86. The van der Waals surface area contributed by atoms with Gasteiger partial charge in [0.15, 0.2) is 5.78 Å². The summed E-state index contributed by atoms with van der Waals surface area (Å²) in [5.41, 5.74) is 4.00. The molecule has 4 rings (SSSR count). The Morgan fingerprint density at radius 1 is 0.850 bits per heavy atom. The van der Waals surface area contributed by atoms with Gasteiger partial charge in [0.2, 0.25) is 0 Å². The van der Waals surface area contributed by atoms with Gasteiger partial charge >= 0.3 is 0 Å². The summed E-state index contributed by atoms with van der Waals surface area (Å²) in [7, 11) is 0. The zero-order chi connectivity index (χ0) is 13.8. The van der Waals surface area contributed by atoms with Gasteiger partial charge in [-0.2, -0.15) is 5.10 Å². The first-order valence-corrected chi connectivity index (χ1v) is 6.50. The summed E-state index contributed by atoms with van der Waals surface area (Å²) in [6.07, 6.45) is 4.33. The first-order valence-electron chi connectivity index (χ1n) is 6.50. The van der Waals surface area contributed by atoms with Gasteiger partial charge in [-0.3, -0.25) is 9.89 Å². The van der Waals surface area contributed by atoms with E-state index in [4.69, 9.17) is 0 Å². The van der Waals surface area contributed by atoms with Crippen LogP contribution in [0.3, 0.4) is 0 Å². The number of hydrogen-bond acceptors (Lipinski definition) is 2. The number of aromatic amines is 1. The van der Waals surface area contributed by atoms with E-state index in [9.17, 15) is 4.79 Å². The van der Waals surface area contributed by atoms with Gasteiger partial charge in [-0.25, -0.2) is 0 Å². The lowest BCUT2D eigenvalue weighted by Crippen LogP contribution is -2.14. The number of ketones is 1. The molecule has 0 fully saturated rings. The van der Waals surface area contributed by atoms with Crippen molar-refractivity contribution in [3.63, 3.8) is 0 Å². The highest BCUT2D eigenvalue weighted by Gasteiger charge is 2.21. The van der Waals surface area contributed by atoms with Crippen molar-refractivity contribution in [1.29, 1.82) is 0 Å². The Hall–Kier alpha value is -2.68. The molecule has 1 N–H and O–H groups in total. The van der Waals surface area contributed by atoms with Gasteiger partial charge < -0.3 is 0 Å². The van der Waals surface area contributed by atoms with Crippen molar-refractivity contribution < 1.29 is 4.79 Å². The Bertz CT molecular complexity index is 653. The van der Waals surface area contributed by atoms with Crippen molar-refractivity contribution in [2.45, 2.75) is 6.42 Å². The molecule has 1 heterocycles. The molecule has 1 aliphatic rings. The highest BCUT2D eigenvalue weighted by Crippen LogP contribution is 2.26. The maximum absolute atomic E-state index is 12.1. The Morgan fingerprint density at radius 3 is 1.90 bits per heavy atom. The monoisotopic (exact) mass is 262 g/mol. The molecule has 0 atom stereocenters. The zero-order valence-electron chi connectivity index (χ0n) is 10.9. The Morgan fingerprint density at radius 2 is 1.45 bits per heavy atom. The summed E-state index contributed by atoms with van der Waals surface area (Å²) in [6, 6.07) is 17.5. The Balaban J connectivity index is 0.000000205. The van der Waals surface area contributed by atoms with Gasteiger partial charge in [0, 0.05) is 23.5 Å². The van der Waals surface area contributed by atoms with Gasteiger partial charge in [0.05, 0.1) is 0 Å². The van der Waals surface area contributed by atoms with Crippen molar-refractivity contribution in [3.8, 4) is 0 Å². The van der Waals surface area contributed by atoms with E-state index < -0.39 is 0 Å². The maximum Gasteiger partial charge on any atom is 0.193 e. The summed E-state index contributed by atoms with van der Waals surface area (Å²) in [4.78, 5) is 12.1. The number of nitrogens with zero attached hydrogens (tertiary/aromatic N) is 1. The van der Waals surface area contributed by atoms with E-state index in [2.05, 4.69) is 10.2 Å².